The average Bonchev–Trinajstić information content (AvgIpc) is 3.17. The van der Waals surface area contributed by atoms with E-state index in [1.807, 2.05) is 30.3 Å². The van der Waals surface area contributed by atoms with Gasteiger partial charge in [-0.05, 0) is 49.2 Å². The number of H-pyrrole nitrogens is 1. The minimum atomic E-state index is -1.42. The highest BCUT2D eigenvalue weighted by molar-refractivity contribution is 5.91. The van der Waals surface area contributed by atoms with Crippen LogP contribution in [0, 0.1) is 0 Å². The number of pyridine rings is 1. The molecule has 1 heterocycles. The fraction of sp³-hybridized carbons (Fsp3) is 0.442. The number of hydrogen-bond donors (Lipinski definition) is 2. The van der Waals surface area contributed by atoms with E-state index >= 15 is 0 Å². The molecule has 3 aromatic carbocycles. The minimum Gasteiger partial charge on any atom is -0.493 e. The van der Waals surface area contributed by atoms with Crippen molar-refractivity contribution in [3.8, 4) is 11.5 Å². The summed E-state index contributed by atoms with van der Waals surface area (Å²) in [7, 11) is 1.41. The topological polar surface area (TPSA) is 133 Å². The first-order chi connectivity index (χ1) is 25.9. The molecule has 0 spiro atoms. The largest absolute Gasteiger partial charge is 0.493 e. The number of methoxy groups -OCH3 is 1. The summed E-state index contributed by atoms with van der Waals surface area (Å²) in [6.07, 6.45) is 13.7. The molecule has 4 rings (SSSR count). The number of unbranched alkanes of at least 4 members (excludes halogenated alkanes) is 11. The van der Waals surface area contributed by atoms with Crippen molar-refractivity contribution < 1.29 is 33.3 Å². The van der Waals surface area contributed by atoms with Gasteiger partial charge in [0.1, 0.15) is 0 Å². The Labute approximate surface area is 312 Å². The fourth-order valence-electron chi connectivity index (χ4n) is 6.31. The number of esters is 2. The minimum absolute atomic E-state index is 0.0368. The summed E-state index contributed by atoms with van der Waals surface area (Å²) < 4.78 is 21.9. The Bertz CT molecular complexity index is 1820. The van der Waals surface area contributed by atoms with E-state index in [0.29, 0.717) is 16.5 Å². The summed E-state index contributed by atoms with van der Waals surface area (Å²) >= 11 is 0. The molecular formula is C43H54N2O8. The van der Waals surface area contributed by atoms with Gasteiger partial charge in [0.25, 0.3) is 0 Å². The van der Waals surface area contributed by atoms with Gasteiger partial charge in [-0.15, -0.1) is 0 Å². The number of aromatic amines is 1. The lowest BCUT2D eigenvalue weighted by molar-refractivity contribution is -0.145. The molecule has 10 heteroatoms. The lowest BCUT2D eigenvalue weighted by Crippen LogP contribution is -2.39. The molecule has 1 aromatic heterocycles. The smallest absolute Gasteiger partial charge is 0.413 e. The number of rotatable bonds is 22. The van der Waals surface area contributed by atoms with E-state index in [1.165, 1.54) is 83.1 Å². The quantitative estimate of drug-likeness (QED) is 0.0605. The third-order valence-electron chi connectivity index (χ3n) is 9.17. The molecule has 10 nitrogen and oxygen atoms in total. The number of benzene rings is 3. The van der Waals surface area contributed by atoms with E-state index in [1.54, 1.807) is 31.2 Å². The maximum atomic E-state index is 13.8. The number of nitrogens with one attached hydrogen (secondary N) is 2. The number of amides is 1. The van der Waals surface area contributed by atoms with E-state index < -0.39 is 24.1 Å². The number of aromatic nitrogens is 1. The molecule has 0 bridgehead atoms. The summed E-state index contributed by atoms with van der Waals surface area (Å²) in [5, 5.41) is 3.03. The maximum absolute atomic E-state index is 13.8. The second kappa shape index (κ2) is 22.1. The monoisotopic (exact) mass is 726 g/mol. The predicted molar refractivity (Wildman–Crippen MR) is 207 cm³/mol. The van der Waals surface area contributed by atoms with Gasteiger partial charge in [-0.25, -0.2) is 14.4 Å². The SMILES string of the molecule is CCCCCCCCCCCCCCOC(=O)c1ccc(OC)c(OC(=O)NC(C(=O)OCC)c2[nH]c3ccccc3c(=O)c2Cc2ccccc2)c1. The molecule has 0 saturated heterocycles. The summed E-state index contributed by atoms with van der Waals surface area (Å²) in [6.45, 7) is 4.21. The molecule has 2 N–H and O–H groups in total. The van der Waals surface area contributed by atoms with Crippen LogP contribution in [0.2, 0.25) is 0 Å². The lowest BCUT2D eigenvalue weighted by Gasteiger charge is -2.21. The van der Waals surface area contributed by atoms with Crippen LogP contribution in [0.4, 0.5) is 4.79 Å². The first-order valence-corrected chi connectivity index (χ1v) is 19.0. The molecule has 1 atom stereocenters. The van der Waals surface area contributed by atoms with Gasteiger partial charge in [0.15, 0.2) is 23.0 Å². The third kappa shape index (κ3) is 12.5. The molecule has 0 aliphatic carbocycles. The van der Waals surface area contributed by atoms with Gasteiger partial charge in [-0.3, -0.25) is 4.79 Å². The fourth-order valence-corrected chi connectivity index (χ4v) is 6.31. The first kappa shape index (κ1) is 40.6. The van der Waals surface area contributed by atoms with Gasteiger partial charge in [-0.1, -0.05) is 120 Å². The van der Waals surface area contributed by atoms with Gasteiger partial charge in [-0.2, -0.15) is 0 Å². The van der Waals surface area contributed by atoms with Crippen molar-refractivity contribution in [1.82, 2.24) is 10.3 Å². The molecule has 284 valence electrons. The Hall–Kier alpha value is -5.12. The second-order valence-electron chi connectivity index (χ2n) is 13.2. The van der Waals surface area contributed by atoms with Gasteiger partial charge in [0.05, 0.1) is 31.6 Å². The van der Waals surface area contributed by atoms with E-state index in [4.69, 9.17) is 18.9 Å². The molecule has 4 aromatic rings. The maximum Gasteiger partial charge on any atom is 0.413 e. The lowest BCUT2D eigenvalue weighted by atomic mass is 9.97. The van der Waals surface area contributed by atoms with Crippen LogP contribution in [-0.2, 0) is 20.7 Å². The van der Waals surface area contributed by atoms with Crippen LogP contribution < -0.4 is 20.2 Å². The van der Waals surface area contributed by atoms with Crippen molar-refractivity contribution in [3.63, 3.8) is 0 Å². The van der Waals surface area contributed by atoms with Gasteiger partial charge >= 0.3 is 18.0 Å². The summed E-state index contributed by atoms with van der Waals surface area (Å²) in [4.78, 5) is 56.9. The van der Waals surface area contributed by atoms with Crippen LogP contribution in [-0.4, -0.2) is 43.3 Å². The van der Waals surface area contributed by atoms with Crippen molar-refractivity contribution in [2.75, 3.05) is 20.3 Å². The molecule has 0 radical (unpaired) electrons. The molecule has 1 amide bonds. The predicted octanol–water partition coefficient (Wildman–Crippen LogP) is 9.38. The van der Waals surface area contributed by atoms with Crippen molar-refractivity contribution in [3.05, 3.63) is 105 Å². The highest BCUT2D eigenvalue weighted by atomic mass is 16.6. The third-order valence-corrected chi connectivity index (χ3v) is 9.17. The van der Waals surface area contributed by atoms with Crippen LogP contribution >= 0.6 is 0 Å². The standard InChI is InChI=1S/C43H54N2O8/c1-4-6-7-8-9-10-11-12-13-14-15-21-28-52-41(47)32-26-27-36(50-3)37(30-32)53-43(49)45-39(42(48)51-5-2)38-34(29-31-22-17-16-18-23-31)40(46)33-24-19-20-25-35(33)44-38/h16-20,22-27,30,39H,4-15,21,28-29H2,1-3H3,(H,44,46)(H,45,49). The number of ether oxygens (including phenoxy) is 4. The normalized spacial score (nSPS) is 11.5. The Balaban J connectivity index is 1.40. The zero-order valence-corrected chi connectivity index (χ0v) is 31.4. The van der Waals surface area contributed by atoms with Crippen LogP contribution in [0.25, 0.3) is 10.9 Å². The Kier molecular flexibility index (Phi) is 16.9. The summed E-state index contributed by atoms with van der Waals surface area (Å²) in [5.74, 6) is -1.20. The zero-order valence-electron chi connectivity index (χ0n) is 31.4. The van der Waals surface area contributed by atoms with Gasteiger partial charge in [0.2, 0.25) is 0 Å². The van der Waals surface area contributed by atoms with Crippen molar-refractivity contribution in [2.45, 2.75) is 103 Å². The van der Waals surface area contributed by atoms with E-state index in [-0.39, 0.29) is 47.8 Å². The molecule has 0 fully saturated rings. The van der Waals surface area contributed by atoms with E-state index in [9.17, 15) is 19.2 Å². The number of carbonyl (C=O) groups is 3. The van der Waals surface area contributed by atoms with Gasteiger partial charge in [0, 0.05) is 22.9 Å². The molecule has 0 aliphatic rings. The number of hydrogen-bond acceptors (Lipinski definition) is 8. The molecule has 0 aliphatic heterocycles. The summed E-state index contributed by atoms with van der Waals surface area (Å²) in [5.41, 5.74) is 1.70. The Morgan fingerprint density at radius 3 is 2.04 bits per heavy atom. The Morgan fingerprint density at radius 2 is 1.38 bits per heavy atom. The van der Waals surface area contributed by atoms with E-state index in [0.717, 1.165) is 24.8 Å². The molecular weight excluding hydrogens is 672 g/mol. The highest BCUT2D eigenvalue weighted by Gasteiger charge is 2.30. The molecule has 53 heavy (non-hydrogen) atoms. The van der Waals surface area contributed by atoms with Crippen LogP contribution in [0.1, 0.15) is 124 Å². The number of carbonyl (C=O) groups excluding carboxylic acids is 3. The Morgan fingerprint density at radius 1 is 0.736 bits per heavy atom. The number of para-hydroxylation sites is 1. The molecule has 0 saturated carbocycles. The molecule has 1 unspecified atom stereocenters. The van der Waals surface area contributed by atoms with Crippen molar-refractivity contribution in [1.29, 1.82) is 0 Å². The number of fused-ring (bicyclic) bond motifs is 1. The first-order valence-electron chi connectivity index (χ1n) is 19.0. The second-order valence-corrected chi connectivity index (χ2v) is 13.2. The average molecular weight is 727 g/mol. The van der Waals surface area contributed by atoms with Crippen LogP contribution in [0.3, 0.4) is 0 Å². The van der Waals surface area contributed by atoms with Crippen molar-refractivity contribution >= 4 is 28.9 Å². The zero-order chi connectivity index (χ0) is 37.8. The highest BCUT2D eigenvalue weighted by Crippen LogP contribution is 2.29. The summed E-state index contributed by atoms with van der Waals surface area (Å²) in [6, 6.07) is 19.3. The van der Waals surface area contributed by atoms with E-state index in [2.05, 4.69) is 17.2 Å². The van der Waals surface area contributed by atoms with Gasteiger partial charge < -0.3 is 29.2 Å². The van der Waals surface area contributed by atoms with Crippen LogP contribution in [0.5, 0.6) is 11.5 Å². The van der Waals surface area contributed by atoms with Crippen molar-refractivity contribution in [2.24, 2.45) is 0 Å². The van der Waals surface area contributed by atoms with Crippen LogP contribution in [0.15, 0.2) is 77.6 Å².